The third-order valence-corrected chi connectivity index (χ3v) is 5.67. The first kappa shape index (κ1) is 28.2. The van der Waals surface area contributed by atoms with Crippen LogP contribution in [0.4, 0.5) is 0 Å². The summed E-state index contributed by atoms with van der Waals surface area (Å²) in [5.74, 6) is 1.10. The number of hydrogen-bond acceptors (Lipinski definition) is 6. The van der Waals surface area contributed by atoms with Crippen LogP contribution < -0.4 is 14.8 Å². The number of nitrogens with zero attached hydrogens (tertiary/aromatic N) is 2. The number of nitrogens with one attached hydrogen (secondary N) is 1. The van der Waals surface area contributed by atoms with Gasteiger partial charge in [-0.2, -0.15) is 5.26 Å². The van der Waals surface area contributed by atoms with Crippen molar-refractivity contribution in [2.24, 2.45) is 0 Å². The molecule has 190 valence electrons. The topological polar surface area (TPSA) is 94.8 Å². The summed E-state index contributed by atoms with van der Waals surface area (Å²) in [6.07, 6.45) is 1.77. The second-order valence-corrected chi connectivity index (χ2v) is 9.37. The number of ether oxygens (including phenoxy) is 2. The molecule has 7 nitrogen and oxygen atoms in total. The van der Waals surface area contributed by atoms with Crippen molar-refractivity contribution < 1.29 is 19.4 Å². The summed E-state index contributed by atoms with van der Waals surface area (Å²) in [6.45, 7) is 9.96. The number of β-amino-alcohol motifs (C(OH)–C–C–N with tert-alkyl or cyclic N) is 1. The summed E-state index contributed by atoms with van der Waals surface area (Å²) >= 11 is 0. The van der Waals surface area contributed by atoms with Crippen molar-refractivity contribution in [3.8, 4) is 17.6 Å². The van der Waals surface area contributed by atoms with Crippen molar-refractivity contribution in [1.82, 2.24) is 10.2 Å². The molecule has 7 heteroatoms. The molecule has 1 atom stereocenters. The predicted molar refractivity (Wildman–Crippen MR) is 138 cm³/mol. The molecule has 2 aromatic carbocycles. The van der Waals surface area contributed by atoms with Gasteiger partial charge in [0.15, 0.2) is 0 Å². The fraction of sp³-hybridized carbons (Fsp3) is 0.500. The largest absolute Gasteiger partial charge is 0.497 e. The summed E-state index contributed by atoms with van der Waals surface area (Å²) in [5, 5.41) is 23.4. The van der Waals surface area contributed by atoms with E-state index >= 15 is 0 Å². The van der Waals surface area contributed by atoms with E-state index in [2.05, 4.69) is 25.2 Å². The average Bonchev–Trinajstić information content (AvgIpc) is 2.86. The third kappa shape index (κ3) is 8.89. The van der Waals surface area contributed by atoms with E-state index < -0.39 is 6.10 Å². The van der Waals surface area contributed by atoms with Crippen LogP contribution in [0.25, 0.3) is 0 Å². The lowest BCUT2D eigenvalue weighted by Gasteiger charge is -2.28. The standard InChI is InChI=1S/C28H39N3O4/c1-6-14-31(15-7-2)27(33)22-10-13-26(23(16-22)18-29)35-20-24(32)19-30-28(3,4)17-21-8-11-25(34-5)12-9-21/h8-13,16,24,30,32H,6-7,14-15,17,19-20H2,1-5H3/t24-/m1/s1. The highest BCUT2D eigenvalue weighted by atomic mass is 16.5. The zero-order valence-electron chi connectivity index (χ0n) is 21.6. The Morgan fingerprint density at radius 2 is 1.80 bits per heavy atom. The number of benzene rings is 2. The molecule has 0 aromatic heterocycles. The van der Waals surface area contributed by atoms with Crippen LogP contribution in [-0.2, 0) is 6.42 Å². The number of carbonyl (C=O) groups is 1. The molecule has 35 heavy (non-hydrogen) atoms. The average molecular weight is 482 g/mol. The smallest absolute Gasteiger partial charge is 0.253 e. The number of amides is 1. The Labute approximate surface area is 209 Å². The Balaban J connectivity index is 1.92. The first-order chi connectivity index (χ1) is 16.7. The van der Waals surface area contributed by atoms with Gasteiger partial charge in [-0.25, -0.2) is 0 Å². The number of carbonyl (C=O) groups excluding carboxylic acids is 1. The number of methoxy groups -OCH3 is 1. The molecule has 2 rings (SSSR count). The van der Waals surface area contributed by atoms with Gasteiger partial charge in [-0.15, -0.1) is 0 Å². The molecule has 1 amide bonds. The Kier molecular flexibility index (Phi) is 11.0. The van der Waals surface area contributed by atoms with Gasteiger partial charge < -0.3 is 24.8 Å². The molecule has 2 aromatic rings. The lowest BCUT2D eigenvalue weighted by Crippen LogP contribution is -2.46. The summed E-state index contributed by atoms with van der Waals surface area (Å²) in [4.78, 5) is 14.6. The van der Waals surface area contributed by atoms with Crippen LogP contribution in [0.15, 0.2) is 42.5 Å². The van der Waals surface area contributed by atoms with Crippen LogP contribution in [0.2, 0.25) is 0 Å². The SMILES string of the molecule is CCCN(CCC)C(=O)c1ccc(OC[C@H](O)CNC(C)(C)Cc2ccc(OC)cc2)c(C#N)c1. The fourth-order valence-electron chi connectivity index (χ4n) is 3.87. The molecule has 0 saturated carbocycles. The van der Waals surface area contributed by atoms with Gasteiger partial charge in [0.25, 0.3) is 5.91 Å². The number of aliphatic hydroxyl groups excluding tert-OH is 1. The van der Waals surface area contributed by atoms with Crippen molar-refractivity contribution >= 4 is 5.91 Å². The molecule has 0 fully saturated rings. The minimum Gasteiger partial charge on any atom is -0.497 e. The zero-order valence-corrected chi connectivity index (χ0v) is 21.6. The molecule has 2 N–H and O–H groups in total. The lowest BCUT2D eigenvalue weighted by molar-refractivity contribution is 0.0755. The Bertz CT molecular complexity index is 977. The van der Waals surface area contributed by atoms with E-state index in [0.29, 0.717) is 30.9 Å². The van der Waals surface area contributed by atoms with Crippen LogP contribution in [0.1, 0.15) is 62.0 Å². The van der Waals surface area contributed by atoms with Gasteiger partial charge in [-0.1, -0.05) is 26.0 Å². The first-order valence-electron chi connectivity index (χ1n) is 12.2. The Morgan fingerprint density at radius 1 is 1.14 bits per heavy atom. The van der Waals surface area contributed by atoms with Gasteiger partial charge >= 0.3 is 0 Å². The van der Waals surface area contributed by atoms with Crippen LogP contribution >= 0.6 is 0 Å². The van der Waals surface area contributed by atoms with Gasteiger partial charge in [-0.3, -0.25) is 4.79 Å². The maximum Gasteiger partial charge on any atom is 0.253 e. The summed E-state index contributed by atoms with van der Waals surface area (Å²) in [7, 11) is 1.64. The first-order valence-corrected chi connectivity index (χ1v) is 12.2. The van der Waals surface area contributed by atoms with Crippen molar-refractivity contribution in [3.05, 3.63) is 59.2 Å². The number of rotatable bonds is 14. The Morgan fingerprint density at radius 3 is 2.37 bits per heavy atom. The maximum atomic E-state index is 12.8. The van der Waals surface area contributed by atoms with Crippen LogP contribution in [0.5, 0.6) is 11.5 Å². The molecule has 0 spiro atoms. The number of hydrogen-bond donors (Lipinski definition) is 2. The van der Waals surface area contributed by atoms with E-state index in [0.717, 1.165) is 25.0 Å². The third-order valence-electron chi connectivity index (χ3n) is 5.67. The predicted octanol–water partition coefficient (Wildman–Crippen LogP) is 4.18. The molecular weight excluding hydrogens is 442 g/mol. The van der Waals surface area contributed by atoms with Gasteiger partial charge in [0.1, 0.15) is 30.3 Å². The van der Waals surface area contributed by atoms with E-state index in [-0.39, 0.29) is 23.6 Å². The molecule has 0 unspecified atom stereocenters. The van der Waals surface area contributed by atoms with Crippen LogP contribution in [-0.4, -0.2) is 60.9 Å². The molecule has 0 heterocycles. The maximum absolute atomic E-state index is 12.8. The lowest BCUT2D eigenvalue weighted by atomic mass is 9.94. The van der Waals surface area contributed by atoms with E-state index in [1.54, 1.807) is 30.2 Å². The second-order valence-electron chi connectivity index (χ2n) is 9.37. The normalized spacial score (nSPS) is 12.0. The highest BCUT2D eigenvalue weighted by Crippen LogP contribution is 2.21. The molecule has 0 aliphatic rings. The van der Waals surface area contributed by atoms with Gasteiger partial charge in [-0.05, 0) is 69.0 Å². The van der Waals surface area contributed by atoms with Crippen molar-refractivity contribution in [2.75, 3.05) is 33.4 Å². The van der Waals surface area contributed by atoms with E-state index in [9.17, 15) is 15.2 Å². The minimum atomic E-state index is -0.761. The molecule has 0 aliphatic carbocycles. The van der Waals surface area contributed by atoms with E-state index in [1.165, 1.54) is 5.56 Å². The molecule has 0 aliphatic heterocycles. The highest BCUT2D eigenvalue weighted by molar-refractivity contribution is 5.94. The van der Waals surface area contributed by atoms with Crippen LogP contribution in [0, 0.1) is 11.3 Å². The summed E-state index contributed by atoms with van der Waals surface area (Å²) in [6, 6.07) is 14.9. The van der Waals surface area contributed by atoms with Gasteiger partial charge in [0.05, 0.1) is 12.7 Å². The van der Waals surface area contributed by atoms with Crippen molar-refractivity contribution in [2.45, 2.75) is 58.6 Å². The fourth-order valence-corrected chi connectivity index (χ4v) is 3.87. The summed E-state index contributed by atoms with van der Waals surface area (Å²) < 4.78 is 10.9. The molecular formula is C28H39N3O4. The number of nitriles is 1. The van der Waals surface area contributed by atoms with E-state index in [4.69, 9.17) is 9.47 Å². The minimum absolute atomic E-state index is 0.0331. The van der Waals surface area contributed by atoms with Crippen molar-refractivity contribution in [3.63, 3.8) is 0 Å². The highest BCUT2D eigenvalue weighted by Gasteiger charge is 2.20. The van der Waals surface area contributed by atoms with Crippen molar-refractivity contribution in [1.29, 1.82) is 5.26 Å². The Hall–Kier alpha value is -3.08. The second kappa shape index (κ2) is 13.7. The van der Waals surface area contributed by atoms with Gasteiger partial charge in [0, 0.05) is 30.7 Å². The monoisotopic (exact) mass is 481 g/mol. The molecule has 0 saturated heterocycles. The molecule has 0 radical (unpaired) electrons. The quantitative estimate of drug-likeness (QED) is 0.420. The zero-order chi connectivity index (χ0) is 25.8. The molecule has 0 bridgehead atoms. The van der Waals surface area contributed by atoms with Crippen LogP contribution in [0.3, 0.4) is 0 Å². The number of aliphatic hydroxyl groups is 1. The summed E-state index contributed by atoms with van der Waals surface area (Å²) in [5.41, 5.74) is 1.68. The van der Waals surface area contributed by atoms with E-state index in [1.807, 2.05) is 38.1 Å². The van der Waals surface area contributed by atoms with Gasteiger partial charge in [0.2, 0.25) is 0 Å².